The predicted molar refractivity (Wildman–Crippen MR) is 186 cm³/mol. The van der Waals surface area contributed by atoms with Gasteiger partial charge in [-0.3, -0.25) is 14.9 Å². The van der Waals surface area contributed by atoms with E-state index in [1.165, 1.54) is 18.7 Å². The number of rotatable bonds is 11. The van der Waals surface area contributed by atoms with Gasteiger partial charge in [0.15, 0.2) is 0 Å². The van der Waals surface area contributed by atoms with Crippen molar-refractivity contribution in [3.63, 3.8) is 0 Å². The van der Waals surface area contributed by atoms with Crippen molar-refractivity contribution in [2.45, 2.75) is 60.9 Å². The first-order valence-electron chi connectivity index (χ1n) is 15.7. The van der Waals surface area contributed by atoms with Crippen molar-refractivity contribution in [2.24, 2.45) is 33.5 Å². The lowest BCUT2D eigenvalue weighted by Crippen LogP contribution is -2.49. The van der Waals surface area contributed by atoms with Gasteiger partial charge in [-0.05, 0) is 66.4 Å². The van der Waals surface area contributed by atoms with Gasteiger partial charge >= 0.3 is 0 Å². The zero-order valence-corrected chi connectivity index (χ0v) is 28.2. The highest BCUT2D eigenvalue weighted by Gasteiger charge is 2.29. The molecule has 0 aliphatic carbocycles. The predicted octanol–water partition coefficient (Wildman–Crippen LogP) is 8.45. The Balaban J connectivity index is 1.70. The number of likely N-dealkylation sites (tertiary alicyclic amines) is 1. The maximum Gasteiger partial charge on any atom is 0.0906 e. The van der Waals surface area contributed by atoms with E-state index in [0.29, 0.717) is 12.5 Å². The fourth-order valence-corrected chi connectivity index (χ4v) is 6.79. The van der Waals surface area contributed by atoms with Crippen molar-refractivity contribution < 1.29 is 0 Å². The molecule has 1 unspecified atom stereocenters. The third kappa shape index (κ3) is 6.90. The first-order valence-corrected chi connectivity index (χ1v) is 16.1. The van der Waals surface area contributed by atoms with Crippen LogP contribution >= 0.6 is 11.6 Å². The van der Waals surface area contributed by atoms with E-state index < -0.39 is 0 Å². The molecule has 6 heteroatoms. The summed E-state index contributed by atoms with van der Waals surface area (Å²) in [6.45, 7) is 23.5. The number of hydrogen-bond donors (Lipinski definition) is 1. The van der Waals surface area contributed by atoms with Crippen LogP contribution in [0.3, 0.4) is 0 Å². The molecule has 2 aromatic rings. The average Bonchev–Trinajstić information content (AvgIpc) is 2.95. The molecule has 1 atom stereocenters. The standard InChI is InChI=1S/C37H50ClN5/c1-10-32(41-37(24(5)6)25(7)20-43-21-27(22-43)23(3)4)29-15-12-14-28(26(29)8)30-16-13-17-31(36(30)38)35-19-40-33(18-39)34(11-2)42(35)9/h10,12-17,19,23-24,27,35H,1,11,18,20-22,39H2,2-9H3/b37-25+,41-32+. The largest absolute Gasteiger partial charge is 0.364 e. The quantitative estimate of drug-likeness (QED) is 0.264. The Morgan fingerprint density at radius 3 is 2.42 bits per heavy atom. The van der Waals surface area contributed by atoms with Crippen molar-refractivity contribution in [1.29, 1.82) is 0 Å². The second kappa shape index (κ2) is 14.2. The molecule has 1 fully saturated rings. The van der Waals surface area contributed by atoms with E-state index >= 15 is 0 Å². The number of nitrogens with zero attached hydrogens (tertiary/aromatic N) is 4. The number of allylic oxidation sites excluding steroid dienone is 3. The SMILES string of the molecule is C=C/C(=N\C(=C(/C)CN1CC(C(C)C)C1)C(C)C)c1cccc(-c2cccc(C3C=NC(CN)=C(CC)N3C)c2Cl)c1C. The lowest BCUT2D eigenvalue weighted by Gasteiger charge is -2.42. The monoisotopic (exact) mass is 599 g/mol. The molecule has 230 valence electrons. The lowest BCUT2D eigenvalue weighted by atomic mass is 9.88. The van der Waals surface area contributed by atoms with Crippen LogP contribution in [0, 0.1) is 24.7 Å². The van der Waals surface area contributed by atoms with Gasteiger partial charge in [-0.1, -0.05) is 89.2 Å². The highest BCUT2D eigenvalue weighted by Crippen LogP contribution is 2.39. The van der Waals surface area contributed by atoms with Crippen LogP contribution < -0.4 is 5.73 Å². The normalized spacial score (nSPS) is 18.9. The van der Waals surface area contributed by atoms with Crippen molar-refractivity contribution in [3.05, 3.63) is 93.4 Å². The zero-order valence-electron chi connectivity index (χ0n) is 27.4. The van der Waals surface area contributed by atoms with Crippen molar-refractivity contribution >= 4 is 23.5 Å². The number of benzene rings is 2. The summed E-state index contributed by atoms with van der Waals surface area (Å²) in [6.07, 6.45) is 4.71. The van der Waals surface area contributed by atoms with Crippen LogP contribution in [0.5, 0.6) is 0 Å². The molecule has 2 aliphatic rings. The first-order chi connectivity index (χ1) is 20.5. The Morgan fingerprint density at radius 2 is 1.81 bits per heavy atom. The molecule has 2 N–H and O–H groups in total. The van der Waals surface area contributed by atoms with Crippen LogP contribution in [0.1, 0.15) is 70.7 Å². The van der Waals surface area contributed by atoms with Crippen LogP contribution in [0.15, 0.2) is 81.7 Å². The van der Waals surface area contributed by atoms with Gasteiger partial charge in [0.2, 0.25) is 0 Å². The summed E-state index contributed by atoms with van der Waals surface area (Å²) in [5.41, 5.74) is 16.8. The molecule has 4 rings (SSSR count). The lowest BCUT2D eigenvalue weighted by molar-refractivity contribution is 0.0780. The molecule has 2 aromatic carbocycles. The molecule has 5 nitrogen and oxygen atoms in total. The Hall–Kier alpha value is -2.99. The highest BCUT2D eigenvalue weighted by atomic mass is 35.5. The van der Waals surface area contributed by atoms with Crippen LogP contribution in [0.2, 0.25) is 5.02 Å². The number of aliphatic imine (C=N–C) groups is 2. The van der Waals surface area contributed by atoms with E-state index in [1.807, 2.05) is 12.3 Å². The van der Waals surface area contributed by atoms with Gasteiger partial charge in [-0.15, -0.1) is 0 Å². The molecule has 2 heterocycles. The molecule has 0 radical (unpaired) electrons. The maximum absolute atomic E-state index is 7.21. The van der Waals surface area contributed by atoms with Gasteiger partial charge in [-0.25, -0.2) is 0 Å². The van der Waals surface area contributed by atoms with Gasteiger partial charge in [0, 0.05) is 62.0 Å². The van der Waals surface area contributed by atoms with Crippen LogP contribution in [-0.2, 0) is 0 Å². The molecule has 0 bridgehead atoms. The summed E-state index contributed by atoms with van der Waals surface area (Å²) >= 11 is 7.21. The molecule has 2 aliphatic heterocycles. The first kappa shape index (κ1) is 32.9. The molecule has 0 aromatic heterocycles. The van der Waals surface area contributed by atoms with Gasteiger partial charge in [0.05, 0.1) is 22.5 Å². The average molecular weight is 600 g/mol. The summed E-state index contributed by atoms with van der Waals surface area (Å²) in [4.78, 5) is 14.8. The van der Waals surface area contributed by atoms with Crippen LogP contribution in [0.25, 0.3) is 11.1 Å². The van der Waals surface area contributed by atoms with Crippen molar-refractivity contribution in [1.82, 2.24) is 9.80 Å². The Morgan fingerprint density at radius 1 is 1.14 bits per heavy atom. The van der Waals surface area contributed by atoms with Gasteiger partial charge in [0.25, 0.3) is 0 Å². The zero-order chi connectivity index (χ0) is 31.4. The summed E-state index contributed by atoms with van der Waals surface area (Å²) in [5.74, 6) is 1.85. The number of hydrogen-bond acceptors (Lipinski definition) is 5. The minimum atomic E-state index is -0.0598. The molecule has 1 saturated heterocycles. The molecule has 0 saturated carbocycles. The van der Waals surface area contributed by atoms with Crippen LogP contribution in [0.4, 0.5) is 0 Å². The van der Waals surface area contributed by atoms with E-state index in [4.69, 9.17) is 27.3 Å². The van der Waals surface area contributed by atoms with E-state index in [2.05, 4.69) is 108 Å². The molecular weight excluding hydrogens is 550 g/mol. The molecule has 0 spiro atoms. The highest BCUT2D eigenvalue weighted by molar-refractivity contribution is 6.34. The Bertz CT molecular complexity index is 1460. The molecular formula is C37H50ClN5. The molecule has 0 amide bonds. The van der Waals surface area contributed by atoms with E-state index in [1.54, 1.807) is 0 Å². The van der Waals surface area contributed by atoms with Gasteiger partial charge < -0.3 is 10.6 Å². The van der Waals surface area contributed by atoms with Crippen molar-refractivity contribution in [2.75, 3.05) is 33.2 Å². The smallest absolute Gasteiger partial charge is 0.0906 e. The summed E-state index contributed by atoms with van der Waals surface area (Å²) in [5, 5.41) is 0.739. The van der Waals surface area contributed by atoms with Crippen molar-refractivity contribution in [3.8, 4) is 11.1 Å². The van der Waals surface area contributed by atoms with E-state index in [-0.39, 0.29) is 6.04 Å². The summed E-state index contributed by atoms with van der Waals surface area (Å²) < 4.78 is 0. The fraction of sp³-hybridized carbons (Fsp3) is 0.459. The third-order valence-corrected chi connectivity index (χ3v) is 9.55. The summed E-state index contributed by atoms with van der Waals surface area (Å²) in [7, 11) is 2.10. The Labute approximate surface area is 264 Å². The molecule has 43 heavy (non-hydrogen) atoms. The Kier molecular flexibility index (Phi) is 10.9. The topological polar surface area (TPSA) is 57.2 Å². The minimum Gasteiger partial charge on any atom is -0.364 e. The van der Waals surface area contributed by atoms with Crippen LogP contribution in [-0.4, -0.2) is 55.0 Å². The fourth-order valence-electron chi connectivity index (χ4n) is 6.45. The minimum absolute atomic E-state index is 0.0598. The summed E-state index contributed by atoms with van der Waals surface area (Å²) in [6, 6.07) is 12.6. The van der Waals surface area contributed by atoms with Gasteiger partial charge in [-0.2, -0.15) is 0 Å². The van der Waals surface area contributed by atoms with E-state index in [0.717, 1.165) is 80.4 Å². The number of halogens is 1. The van der Waals surface area contributed by atoms with E-state index in [9.17, 15) is 0 Å². The number of nitrogens with two attached hydrogens (primary N) is 1. The van der Waals surface area contributed by atoms with Gasteiger partial charge in [0.1, 0.15) is 0 Å². The second-order valence-electron chi connectivity index (χ2n) is 12.7. The second-order valence-corrected chi connectivity index (χ2v) is 13.1. The third-order valence-electron chi connectivity index (χ3n) is 9.13. The maximum atomic E-state index is 7.21.